The summed E-state index contributed by atoms with van der Waals surface area (Å²) in [6, 6.07) is 10.3. The third kappa shape index (κ3) is 3.49. The van der Waals surface area contributed by atoms with E-state index in [-0.39, 0.29) is 5.97 Å². The number of carbonyl (C=O) groups excluding carboxylic acids is 2. The number of thiophene rings is 1. The van der Waals surface area contributed by atoms with Crippen molar-refractivity contribution in [3.05, 3.63) is 51.9 Å². The lowest BCUT2D eigenvalue weighted by Crippen LogP contribution is -2.29. The molecule has 1 aliphatic rings. The van der Waals surface area contributed by atoms with E-state index < -0.39 is 0 Å². The zero-order valence-corrected chi connectivity index (χ0v) is 14.4. The lowest BCUT2D eigenvalue weighted by molar-refractivity contribution is -0.105. The van der Waals surface area contributed by atoms with Crippen molar-refractivity contribution in [2.75, 3.05) is 18.5 Å². The van der Waals surface area contributed by atoms with Crippen LogP contribution in [0.1, 0.15) is 33.3 Å². The molecule has 0 fully saturated rings. The molecule has 2 aromatic rings. The van der Waals surface area contributed by atoms with Crippen LogP contribution in [0.5, 0.6) is 0 Å². The van der Waals surface area contributed by atoms with Crippen LogP contribution in [0.2, 0.25) is 0 Å². The van der Waals surface area contributed by atoms with E-state index in [1.54, 1.807) is 6.92 Å². The minimum absolute atomic E-state index is 0.324. The molecule has 5 nitrogen and oxygen atoms in total. The molecule has 0 unspecified atom stereocenters. The molecule has 6 heteroatoms. The minimum atomic E-state index is -0.351. The van der Waals surface area contributed by atoms with Crippen molar-refractivity contribution in [2.45, 2.75) is 26.4 Å². The van der Waals surface area contributed by atoms with Crippen LogP contribution in [0.25, 0.3) is 0 Å². The van der Waals surface area contributed by atoms with Crippen LogP contribution in [0.4, 0.5) is 5.00 Å². The maximum absolute atomic E-state index is 12.3. The van der Waals surface area contributed by atoms with Gasteiger partial charge in [0.05, 0.1) is 12.2 Å². The number of fused-ring (bicyclic) bond motifs is 1. The number of hydrogen-bond acceptors (Lipinski definition) is 5. The Balaban J connectivity index is 1.82. The molecule has 0 aliphatic carbocycles. The molecule has 1 aliphatic heterocycles. The van der Waals surface area contributed by atoms with E-state index in [1.807, 2.05) is 18.2 Å². The Kier molecular flexibility index (Phi) is 5.27. The number of carbonyl (C=O) groups is 2. The third-order valence-electron chi connectivity index (χ3n) is 4.05. The van der Waals surface area contributed by atoms with Gasteiger partial charge in [-0.25, -0.2) is 4.79 Å². The molecule has 0 radical (unpaired) electrons. The van der Waals surface area contributed by atoms with Gasteiger partial charge < -0.3 is 10.1 Å². The van der Waals surface area contributed by atoms with Crippen LogP contribution in [-0.2, 0) is 29.0 Å². The summed E-state index contributed by atoms with van der Waals surface area (Å²) >= 11 is 1.47. The second kappa shape index (κ2) is 7.59. The van der Waals surface area contributed by atoms with E-state index in [0.29, 0.717) is 23.6 Å². The summed E-state index contributed by atoms with van der Waals surface area (Å²) in [5, 5.41) is 3.25. The highest BCUT2D eigenvalue weighted by atomic mass is 32.1. The smallest absolute Gasteiger partial charge is 0.341 e. The summed E-state index contributed by atoms with van der Waals surface area (Å²) in [7, 11) is 0. The van der Waals surface area contributed by atoms with E-state index in [0.717, 1.165) is 36.5 Å². The second-order valence-corrected chi connectivity index (χ2v) is 6.74. The Bertz CT molecular complexity index is 727. The van der Waals surface area contributed by atoms with Crippen molar-refractivity contribution in [2.24, 2.45) is 0 Å². The van der Waals surface area contributed by atoms with Crippen molar-refractivity contribution in [1.82, 2.24) is 4.90 Å². The van der Waals surface area contributed by atoms with Crippen molar-refractivity contribution < 1.29 is 14.3 Å². The number of anilines is 1. The van der Waals surface area contributed by atoms with E-state index in [1.165, 1.54) is 16.9 Å². The highest BCUT2D eigenvalue weighted by Gasteiger charge is 2.28. The van der Waals surface area contributed by atoms with Gasteiger partial charge >= 0.3 is 5.97 Å². The highest BCUT2D eigenvalue weighted by Crippen LogP contribution is 2.37. The number of nitrogens with one attached hydrogen (secondary N) is 1. The maximum Gasteiger partial charge on any atom is 0.341 e. The summed E-state index contributed by atoms with van der Waals surface area (Å²) in [6.07, 6.45) is 1.40. The lowest BCUT2D eigenvalue weighted by atomic mass is 10.0. The van der Waals surface area contributed by atoms with Gasteiger partial charge in [-0.2, -0.15) is 0 Å². The zero-order valence-electron chi connectivity index (χ0n) is 13.6. The van der Waals surface area contributed by atoms with Crippen LogP contribution in [0, 0.1) is 0 Å². The van der Waals surface area contributed by atoms with Gasteiger partial charge in [0.2, 0.25) is 6.41 Å². The number of hydrogen-bond donors (Lipinski definition) is 1. The molecule has 24 heavy (non-hydrogen) atoms. The van der Waals surface area contributed by atoms with Gasteiger partial charge in [-0.3, -0.25) is 9.69 Å². The van der Waals surface area contributed by atoms with Crippen molar-refractivity contribution in [3.63, 3.8) is 0 Å². The van der Waals surface area contributed by atoms with Gasteiger partial charge in [-0.1, -0.05) is 30.3 Å². The fourth-order valence-corrected chi connectivity index (χ4v) is 4.24. The van der Waals surface area contributed by atoms with Crippen LogP contribution >= 0.6 is 11.3 Å². The molecule has 1 amide bonds. The molecule has 126 valence electrons. The average molecular weight is 344 g/mol. The van der Waals surface area contributed by atoms with E-state index in [4.69, 9.17) is 4.74 Å². The van der Waals surface area contributed by atoms with E-state index >= 15 is 0 Å². The number of rotatable bonds is 6. The molecule has 0 spiro atoms. The van der Waals surface area contributed by atoms with Gasteiger partial charge in [0.25, 0.3) is 0 Å². The standard InChI is InChI=1S/C18H20N2O3S/c1-2-23-18(22)16-14-8-9-20(10-13-6-4-3-5-7-13)11-15(14)24-17(16)19-12-21/h3-7,12H,2,8-11H2,1H3,(H,19,21). The van der Waals surface area contributed by atoms with Gasteiger partial charge in [0, 0.05) is 24.5 Å². The molecule has 3 rings (SSSR count). The summed E-state index contributed by atoms with van der Waals surface area (Å²) in [5.74, 6) is -0.351. The molecule has 1 aromatic carbocycles. The van der Waals surface area contributed by atoms with Gasteiger partial charge in [0.15, 0.2) is 0 Å². The van der Waals surface area contributed by atoms with Crippen molar-refractivity contribution in [1.29, 1.82) is 0 Å². The molecule has 0 atom stereocenters. The first kappa shape index (κ1) is 16.7. The van der Waals surface area contributed by atoms with Crippen molar-refractivity contribution >= 4 is 28.7 Å². The SMILES string of the molecule is CCOC(=O)c1c(NC=O)sc2c1CCN(Cc1ccccc1)C2. The van der Waals surface area contributed by atoms with Gasteiger partial charge in [0.1, 0.15) is 5.00 Å². The predicted molar refractivity (Wildman–Crippen MR) is 94.2 cm³/mol. The number of nitrogens with zero attached hydrogens (tertiary/aromatic N) is 1. The summed E-state index contributed by atoms with van der Waals surface area (Å²) in [6.45, 7) is 4.64. The summed E-state index contributed by atoms with van der Waals surface area (Å²) in [4.78, 5) is 26.6. The Morgan fingerprint density at radius 2 is 2.17 bits per heavy atom. The molecule has 0 saturated heterocycles. The van der Waals surface area contributed by atoms with Crippen LogP contribution in [0.3, 0.4) is 0 Å². The summed E-state index contributed by atoms with van der Waals surface area (Å²) < 4.78 is 5.16. The first-order chi connectivity index (χ1) is 11.7. The topological polar surface area (TPSA) is 58.6 Å². The highest BCUT2D eigenvalue weighted by molar-refractivity contribution is 7.16. The van der Waals surface area contributed by atoms with Crippen molar-refractivity contribution in [3.8, 4) is 0 Å². The first-order valence-electron chi connectivity index (χ1n) is 8.01. The van der Waals surface area contributed by atoms with E-state index in [2.05, 4.69) is 22.3 Å². The molecule has 1 N–H and O–H groups in total. The summed E-state index contributed by atoms with van der Waals surface area (Å²) in [5.41, 5.74) is 2.82. The predicted octanol–water partition coefficient (Wildman–Crippen LogP) is 3.05. The quantitative estimate of drug-likeness (QED) is 0.646. The second-order valence-electron chi connectivity index (χ2n) is 5.64. The molecule has 0 bridgehead atoms. The fraction of sp³-hybridized carbons (Fsp3) is 0.333. The zero-order chi connectivity index (χ0) is 16.9. The number of esters is 1. The molecular formula is C18H20N2O3S. The lowest BCUT2D eigenvalue weighted by Gasteiger charge is -2.27. The Morgan fingerprint density at radius 1 is 1.38 bits per heavy atom. The normalized spacial score (nSPS) is 14.0. The van der Waals surface area contributed by atoms with Gasteiger partial charge in [-0.15, -0.1) is 11.3 Å². The van der Waals surface area contributed by atoms with Gasteiger partial charge in [-0.05, 0) is 24.5 Å². The van der Waals surface area contributed by atoms with Crippen LogP contribution < -0.4 is 5.32 Å². The number of amides is 1. The maximum atomic E-state index is 12.3. The Hall–Kier alpha value is -2.18. The monoisotopic (exact) mass is 344 g/mol. The first-order valence-corrected chi connectivity index (χ1v) is 8.82. The Morgan fingerprint density at radius 3 is 2.88 bits per heavy atom. The molecule has 2 heterocycles. The third-order valence-corrected chi connectivity index (χ3v) is 5.20. The Labute approximate surface area is 145 Å². The molecular weight excluding hydrogens is 324 g/mol. The van der Waals surface area contributed by atoms with Crippen LogP contribution in [-0.4, -0.2) is 30.4 Å². The fourth-order valence-electron chi connectivity index (χ4n) is 3.01. The number of benzene rings is 1. The van der Waals surface area contributed by atoms with E-state index in [9.17, 15) is 9.59 Å². The average Bonchev–Trinajstić information content (AvgIpc) is 2.93. The largest absolute Gasteiger partial charge is 0.462 e. The van der Waals surface area contributed by atoms with Crippen LogP contribution in [0.15, 0.2) is 30.3 Å². The number of ether oxygens (including phenoxy) is 1. The molecule has 0 saturated carbocycles. The molecule has 1 aromatic heterocycles. The minimum Gasteiger partial charge on any atom is -0.462 e.